The lowest BCUT2D eigenvalue weighted by Gasteiger charge is -2.18. The van der Waals surface area contributed by atoms with E-state index in [4.69, 9.17) is 14.2 Å². The lowest BCUT2D eigenvalue weighted by molar-refractivity contribution is 0.0932. The van der Waals surface area contributed by atoms with Crippen LogP contribution >= 0.6 is 0 Å². The third kappa shape index (κ3) is 7.84. The van der Waals surface area contributed by atoms with Crippen LogP contribution in [0.5, 0.6) is 17.2 Å². The number of ether oxygens (including phenoxy) is 3. The molecule has 0 saturated carbocycles. The van der Waals surface area contributed by atoms with Gasteiger partial charge >= 0.3 is 0 Å². The zero-order chi connectivity index (χ0) is 37.6. The van der Waals surface area contributed by atoms with Gasteiger partial charge in [0, 0.05) is 50.1 Å². The number of phenolic OH excluding ortho intramolecular Hbond substituents is 3. The minimum Gasteiger partial charge on any atom is -0.507 e. The lowest BCUT2D eigenvalue weighted by Crippen LogP contribution is -2.04. The zero-order valence-electron chi connectivity index (χ0n) is 29.2. The molecule has 7 rings (SSSR count). The molecule has 1 aliphatic rings. The largest absolute Gasteiger partial charge is 0.507 e. The molecule has 0 amide bonds. The van der Waals surface area contributed by atoms with Crippen molar-refractivity contribution in [3.8, 4) is 50.6 Å². The van der Waals surface area contributed by atoms with Crippen molar-refractivity contribution < 1.29 is 43.9 Å². The average molecular weight is 721 g/mol. The van der Waals surface area contributed by atoms with Gasteiger partial charge < -0.3 is 29.5 Å². The van der Waals surface area contributed by atoms with Crippen molar-refractivity contribution in [1.29, 1.82) is 0 Å². The minimum absolute atomic E-state index is 0.00227. The van der Waals surface area contributed by atoms with Gasteiger partial charge in [0.05, 0.1) is 39.6 Å². The normalized spacial score (nSPS) is 13.3. The van der Waals surface area contributed by atoms with Crippen LogP contribution < -0.4 is 0 Å². The molecule has 270 valence electrons. The van der Waals surface area contributed by atoms with Gasteiger partial charge in [-0.15, -0.1) is 0 Å². The van der Waals surface area contributed by atoms with Crippen LogP contribution in [0.2, 0.25) is 0 Å². The van der Waals surface area contributed by atoms with E-state index in [2.05, 4.69) is 0 Å². The van der Waals surface area contributed by atoms with Gasteiger partial charge in [-0.1, -0.05) is 72.8 Å². The molecule has 6 aromatic rings. The molecule has 9 heteroatoms. The Labute approximate surface area is 311 Å². The molecule has 0 radical (unpaired) electrons. The van der Waals surface area contributed by atoms with E-state index in [9.17, 15) is 29.7 Å². The first-order valence-corrected chi connectivity index (χ1v) is 17.3. The van der Waals surface area contributed by atoms with Gasteiger partial charge in [-0.2, -0.15) is 0 Å². The van der Waals surface area contributed by atoms with E-state index in [0.29, 0.717) is 50.1 Å². The number of phenols is 3. The summed E-state index contributed by atoms with van der Waals surface area (Å²) in [4.78, 5) is 33.9. The van der Waals surface area contributed by atoms with Crippen molar-refractivity contribution in [3.05, 3.63) is 159 Å². The smallest absolute Gasteiger partial charge is 0.150 e. The molecular weight excluding hydrogens is 684 g/mol. The first-order chi connectivity index (χ1) is 26.3. The van der Waals surface area contributed by atoms with Gasteiger partial charge in [0.1, 0.15) is 36.1 Å². The number of hydrogen-bond donors (Lipinski definition) is 3. The number of rotatable bonds is 6. The van der Waals surface area contributed by atoms with Crippen LogP contribution in [0.15, 0.2) is 109 Å². The molecule has 9 nitrogen and oxygen atoms in total. The molecule has 6 bridgehead atoms. The van der Waals surface area contributed by atoms with Crippen LogP contribution in [-0.4, -0.2) is 34.2 Å². The van der Waals surface area contributed by atoms with Crippen LogP contribution in [0, 0.1) is 0 Å². The topological polar surface area (TPSA) is 140 Å². The predicted molar refractivity (Wildman–Crippen MR) is 202 cm³/mol. The molecule has 6 aromatic carbocycles. The summed E-state index contributed by atoms with van der Waals surface area (Å²) in [6, 6.07) is 32.1. The van der Waals surface area contributed by atoms with Gasteiger partial charge in [0.25, 0.3) is 0 Å². The van der Waals surface area contributed by atoms with Crippen molar-refractivity contribution in [2.75, 3.05) is 0 Å². The first-order valence-electron chi connectivity index (χ1n) is 17.3. The predicted octanol–water partition coefficient (Wildman–Crippen LogP) is 8.71. The van der Waals surface area contributed by atoms with E-state index in [-0.39, 0.29) is 56.9 Å². The number of hydrogen-bond acceptors (Lipinski definition) is 9. The fourth-order valence-electron chi connectivity index (χ4n) is 6.52. The number of benzene rings is 6. The summed E-state index contributed by atoms with van der Waals surface area (Å²) in [5.74, 6) is -0.0399. The maximum atomic E-state index is 11.5. The van der Waals surface area contributed by atoms with Crippen LogP contribution in [0.3, 0.4) is 0 Å². The SMILES string of the molecule is O=Cc1ccc(-c2cc3c(O)c(c2)COCc2cc(-c4ccc(C=O)cc4)cc(c2O)COCc2cc(-c4ccc(C=O)cc4)cc(c2O)COC3)cc1. The van der Waals surface area contributed by atoms with Gasteiger partial charge in [-0.05, 0) is 69.8 Å². The van der Waals surface area contributed by atoms with E-state index < -0.39 is 0 Å². The van der Waals surface area contributed by atoms with Gasteiger partial charge in [-0.25, -0.2) is 0 Å². The molecule has 0 aromatic heterocycles. The van der Waals surface area contributed by atoms with E-state index in [0.717, 1.165) is 52.2 Å². The standard InChI is InChI=1S/C45H36O9/c46-19-28-1-7-31(8-2-28)34-13-37-22-52-24-39-15-35(32-9-3-29(20-47)4-10-32)17-41(44(39)50)26-54-27-42-18-36(33-11-5-30(21-48)6-12-33)16-40(45(42)51)25-53-23-38(14-34)43(37)49/h1-21,49-51H,22-27H2. The van der Waals surface area contributed by atoms with E-state index >= 15 is 0 Å². The molecule has 0 saturated heterocycles. The number of carbonyl (C=O) groups is 3. The Morgan fingerprint density at radius 1 is 0.333 bits per heavy atom. The van der Waals surface area contributed by atoms with Gasteiger partial charge in [0.2, 0.25) is 0 Å². The zero-order valence-corrected chi connectivity index (χ0v) is 29.2. The van der Waals surface area contributed by atoms with Crippen LogP contribution in [0.25, 0.3) is 33.4 Å². The lowest BCUT2D eigenvalue weighted by atomic mass is 9.97. The van der Waals surface area contributed by atoms with Gasteiger partial charge in [-0.3, -0.25) is 14.4 Å². The molecule has 0 fully saturated rings. The third-order valence-corrected chi connectivity index (χ3v) is 9.49. The van der Waals surface area contributed by atoms with E-state index in [1.54, 1.807) is 36.4 Å². The highest BCUT2D eigenvalue weighted by Gasteiger charge is 2.18. The van der Waals surface area contributed by atoms with E-state index in [1.807, 2.05) is 72.8 Å². The first kappa shape index (κ1) is 36.0. The second kappa shape index (κ2) is 16.1. The second-order valence-corrected chi connectivity index (χ2v) is 13.1. The van der Waals surface area contributed by atoms with Crippen molar-refractivity contribution in [2.45, 2.75) is 39.6 Å². The molecule has 0 aliphatic carbocycles. The molecule has 3 N–H and O–H groups in total. The monoisotopic (exact) mass is 720 g/mol. The van der Waals surface area contributed by atoms with Gasteiger partial charge in [0.15, 0.2) is 0 Å². The van der Waals surface area contributed by atoms with Crippen molar-refractivity contribution in [2.24, 2.45) is 0 Å². The Kier molecular flexibility index (Phi) is 10.7. The van der Waals surface area contributed by atoms with Crippen molar-refractivity contribution in [1.82, 2.24) is 0 Å². The molecule has 1 heterocycles. The summed E-state index contributed by atoms with van der Waals surface area (Å²) in [7, 11) is 0. The Morgan fingerprint density at radius 3 is 0.722 bits per heavy atom. The van der Waals surface area contributed by atoms with Crippen molar-refractivity contribution in [3.63, 3.8) is 0 Å². The second-order valence-electron chi connectivity index (χ2n) is 13.1. The molecular formula is C45H36O9. The number of fused-ring (bicyclic) bond motifs is 6. The fourth-order valence-corrected chi connectivity index (χ4v) is 6.52. The average Bonchev–Trinajstić information content (AvgIpc) is 3.21. The maximum Gasteiger partial charge on any atom is 0.150 e. The van der Waals surface area contributed by atoms with Crippen molar-refractivity contribution >= 4 is 18.9 Å². The Morgan fingerprint density at radius 2 is 0.537 bits per heavy atom. The summed E-state index contributed by atoms with van der Waals surface area (Å²) in [5, 5.41) is 34.4. The maximum absolute atomic E-state index is 11.5. The highest BCUT2D eigenvalue weighted by Crippen LogP contribution is 2.37. The Hall–Kier alpha value is -6.39. The Balaban J connectivity index is 1.31. The van der Waals surface area contributed by atoms with Crippen LogP contribution in [-0.2, 0) is 53.9 Å². The molecule has 54 heavy (non-hydrogen) atoms. The van der Waals surface area contributed by atoms with Crippen LogP contribution in [0.4, 0.5) is 0 Å². The summed E-state index contributed by atoms with van der Waals surface area (Å²) in [5.41, 5.74) is 9.28. The summed E-state index contributed by atoms with van der Waals surface area (Å²) in [6.07, 6.45) is 2.32. The minimum atomic E-state index is -0.0133. The number of aromatic hydroxyl groups is 3. The quantitative estimate of drug-likeness (QED) is 0.144. The molecule has 0 unspecified atom stereocenters. The molecule has 0 atom stereocenters. The van der Waals surface area contributed by atoms with Crippen LogP contribution in [0.1, 0.15) is 64.5 Å². The highest BCUT2D eigenvalue weighted by molar-refractivity contribution is 5.79. The highest BCUT2D eigenvalue weighted by atomic mass is 16.5. The Bertz CT molecular complexity index is 1990. The number of aldehydes is 3. The third-order valence-electron chi connectivity index (χ3n) is 9.49. The summed E-state index contributed by atoms with van der Waals surface area (Å²) < 4.78 is 18.4. The fraction of sp³-hybridized carbons (Fsp3) is 0.133. The summed E-state index contributed by atoms with van der Waals surface area (Å²) in [6.45, 7) is -0.0136. The molecule has 1 aliphatic heterocycles. The summed E-state index contributed by atoms with van der Waals surface area (Å²) >= 11 is 0. The molecule has 0 spiro atoms. The van der Waals surface area contributed by atoms with E-state index in [1.165, 1.54) is 0 Å². The number of carbonyl (C=O) groups excluding carboxylic acids is 3.